The molecule has 3 nitrogen and oxygen atoms in total. The number of fused-ring (bicyclic) bond motifs is 1. The number of rotatable bonds is 2. The van der Waals surface area contributed by atoms with Crippen LogP contribution in [0, 0.1) is 0 Å². The average Bonchev–Trinajstić information content (AvgIpc) is 2.62. The molecular weight excluding hydrogens is 298 g/mol. The molecule has 0 aliphatic carbocycles. The van der Waals surface area contributed by atoms with Gasteiger partial charge in [0.1, 0.15) is 11.4 Å². The molecule has 4 rings (SSSR count). The van der Waals surface area contributed by atoms with Crippen molar-refractivity contribution in [3.63, 3.8) is 0 Å². The van der Waals surface area contributed by atoms with E-state index in [9.17, 15) is 4.79 Å². The Balaban J connectivity index is 1.81. The van der Waals surface area contributed by atoms with E-state index in [4.69, 9.17) is 4.74 Å². The standard InChI is InChI=1S/C21H21NO2/c1-15(23)16-6-8-17(9-7-16)19-14-21(10-12-22-13-11-21)24-20-5-3-2-4-18(19)20/h2-9,14,22H,10-13H2,1H3. The highest BCUT2D eigenvalue weighted by Crippen LogP contribution is 2.42. The highest BCUT2D eigenvalue weighted by Gasteiger charge is 2.36. The number of ether oxygens (including phenoxy) is 1. The molecule has 1 spiro atoms. The van der Waals surface area contributed by atoms with Crippen molar-refractivity contribution in [2.75, 3.05) is 13.1 Å². The van der Waals surface area contributed by atoms with Crippen LogP contribution in [0.15, 0.2) is 54.6 Å². The van der Waals surface area contributed by atoms with Gasteiger partial charge in [-0.05, 0) is 43.3 Å². The molecule has 2 aromatic carbocycles. The van der Waals surface area contributed by atoms with E-state index >= 15 is 0 Å². The Morgan fingerprint density at radius 3 is 2.46 bits per heavy atom. The van der Waals surface area contributed by atoms with Crippen LogP contribution in [0.5, 0.6) is 5.75 Å². The average molecular weight is 319 g/mol. The van der Waals surface area contributed by atoms with Crippen molar-refractivity contribution in [2.24, 2.45) is 0 Å². The SMILES string of the molecule is CC(=O)c1ccc(C2=CC3(CCNCC3)Oc3ccccc32)cc1. The van der Waals surface area contributed by atoms with Crippen molar-refractivity contribution >= 4 is 11.4 Å². The molecule has 1 N–H and O–H groups in total. The molecule has 0 unspecified atom stereocenters. The number of piperidine rings is 1. The highest BCUT2D eigenvalue weighted by atomic mass is 16.5. The van der Waals surface area contributed by atoms with Gasteiger partial charge in [0.15, 0.2) is 5.78 Å². The topological polar surface area (TPSA) is 38.3 Å². The molecule has 0 aromatic heterocycles. The minimum Gasteiger partial charge on any atom is -0.482 e. The fourth-order valence-corrected chi connectivity index (χ4v) is 3.59. The largest absolute Gasteiger partial charge is 0.482 e. The summed E-state index contributed by atoms with van der Waals surface area (Å²) in [7, 11) is 0. The summed E-state index contributed by atoms with van der Waals surface area (Å²) in [5.74, 6) is 1.05. The first-order valence-corrected chi connectivity index (χ1v) is 8.50. The van der Waals surface area contributed by atoms with Crippen LogP contribution in [0.4, 0.5) is 0 Å². The van der Waals surface area contributed by atoms with E-state index in [2.05, 4.69) is 23.5 Å². The number of hydrogen-bond acceptors (Lipinski definition) is 3. The Morgan fingerprint density at radius 1 is 1.04 bits per heavy atom. The molecule has 2 heterocycles. The number of Topliss-reactive ketones (excluding diaryl/α,β-unsaturated/α-hetero) is 1. The first kappa shape index (κ1) is 15.2. The second kappa shape index (κ2) is 5.91. The van der Waals surface area contributed by atoms with Crippen molar-refractivity contribution in [2.45, 2.75) is 25.4 Å². The zero-order chi connectivity index (χ0) is 16.6. The zero-order valence-corrected chi connectivity index (χ0v) is 13.8. The molecule has 0 bridgehead atoms. The van der Waals surface area contributed by atoms with Gasteiger partial charge in [-0.15, -0.1) is 0 Å². The molecule has 1 saturated heterocycles. The summed E-state index contributed by atoms with van der Waals surface area (Å²) in [5.41, 5.74) is 3.98. The number of hydrogen-bond donors (Lipinski definition) is 1. The van der Waals surface area contributed by atoms with Crippen LogP contribution >= 0.6 is 0 Å². The fraction of sp³-hybridized carbons (Fsp3) is 0.286. The summed E-state index contributed by atoms with van der Waals surface area (Å²) in [6, 6.07) is 16.1. The molecule has 0 amide bonds. The third-order valence-corrected chi connectivity index (χ3v) is 4.95. The summed E-state index contributed by atoms with van der Waals surface area (Å²) >= 11 is 0. The van der Waals surface area contributed by atoms with E-state index in [0.717, 1.165) is 48.4 Å². The second-order valence-corrected chi connectivity index (χ2v) is 6.60. The molecule has 0 atom stereocenters. The van der Waals surface area contributed by atoms with E-state index in [1.165, 1.54) is 5.57 Å². The van der Waals surface area contributed by atoms with Crippen LogP contribution in [-0.2, 0) is 0 Å². The first-order chi connectivity index (χ1) is 11.7. The van der Waals surface area contributed by atoms with E-state index in [1.54, 1.807) is 6.92 Å². The zero-order valence-electron chi connectivity index (χ0n) is 13.8. The van der Waals surface area contributed by atoms with Crippen LogP contribution in [-0.4, -0.2) is 24.5 Å². The second-order valence-electron chi connectivity index (χ2n) is 6.60. The van der Waals surface area contributed by atoms with Crippen LogP contribution in [0.2, 0.25) is 0 Å². The van der Waals surface area contributed by atoms with Gasteiger partial charge in [-0.2, -0.15) is 0 Å². The van der Waals surface area contributed by atoms with E-state index in [1.807, 2.05) is 36.4 Å². The number of benzene rings is 2. The quantitative estimate of drug-likeness (QED) is 0.855. The highest BCUT2D eigenvalue weighted by molar-refractivity contribution is 5.95. The Morgan fingerprint density at radius 2 is 1.75 bits per heavy atom. The van der Waals surface area contributed by atoms with Crippen molar-refractivity contribution in [1.82, 2.24) is 5.32 Å². The third-order valence-electron chi connectivity index (χ3n) is 4.95. The maximum absolute atomic E-state index is 11.5. The van der Waals surface area contributed by atoms with E-state index < -0.39 is 0 Å². The summed E-state index contributed by atoms with van der Waals surface area (Å²) in [5, 5.41) is 3.41. The lowest BCUT2D eigenvalue weighted by atomic mass is 9.83. The molecule has 0 radical (unpaired) electrons. The Kier molecular flexibility index (Phi) is 3.73. The van der Waals surface area contributed by atoms with Gasteiger partial charge in [-0.25, -0.2) is 0 Å². The lowest BCUT2D eigenvalue weighted by Gasteiger charge is -2.40. The number of nitrogens with one attached hydrogen (secondary N) is 1. The molecule has 1 fully saturated rings. The van der Waals surface area contributed by atoms with Crippen LogP contribution in [0.25, 0.3) is 5.57 Å². The minimum absolute atomic E-state index is 0.0951. The van der Waals surface area contributed by atoms with Gasteiger partial charge in [-0.1, -0.05) is 42.5 Å². The number of carbonyl (C=O) groups excluding carboxylic acids is 1. The maximum atomic E-state index is 11.5. The van der Waals surface area contributed by atoms with Crippen molar-refractivity contribution in [1.29, 1.82) is 0 Å². The van der Waals surface area contributed by atoms with Gasteiger partial charge >= 0.3 is 0 Å². The molecule has 24 heavy (non-hydrogen) atoms. The molecule has 3 heteroatoms. The smallest absolute Gasteiger partial charge is 0.159 e. The summed E-state index contributed by atoms with van der Waals surface area (Å²) in [4.78, 5) is 11.5. The van der Waals surface area contributed by atoms with Gasteiger partial charge in [0.25, 0.3) is 0 Å². The Labute approximate surface area is 142 Å². The van der Waals surface area contributed by atoms with Crippen LogP contribution in [0.3, 0.4) is 0 Å². The van der Waals surface area contributed by atoms with Gasteiger partial charge in [0.05, 0.1) is 0 Å². The first-order valence-electron chi connectivity index (χ1n) is 8.50. The van der Waals surface area contributed by atoms with Gasteiger partial charge in [-0.3, -0.25) is 4.79 Å². The maximum Gasteiger partial charge on any atom is 0.159 e. The lowest BCUT2D eigenvalue weighted by molar-refractivity contribution is 0.0817. The molecule has 2 aliphatic rings. The third kappa shape index (κ3) is 2.65. The normalized spacial score (nSPS) is 18.5. The van der Waals surface area contributed by atoms with Crippen molar-refractivity contribution < 1.29 is 9.53 Å². The van der Waals surface area contributed by atoms with Gasteiger partial charge < -0.3 is 10.1 Å². The summed E-state index contributed by atoms with van der Waals surface area (Å²) in [6.45, 7) is 3.53. The molecule has 2 aromatic rings. The van der Waals surface area contributed by atoms with Crippen molar-refractivity contribution in [3.05, 3.63) is 71.3 Å². The lowest BCUT2D eigenvalue weighted by Crippen LogP contribution is -2.46. The van der Waals surface area contributed by atoms with Crippen LogP contribution in [0.1, 0.15) is 41.3 Å². The predicted octanol–water partition coefficient (Wildman–Crippen LogP) is 3.84. The number of carbonyl (C=O) groups is 1. The summed E-state index contributed by atoms with van der Waals surface area (Å²) < 4.78 is 6.40. The van der Waals surface area contributed by atoms with E-state index in [-0.39, 0.29) is 11.4 Å². The van der Waals surface area contributed by atoms with Gasteiger partial charge in [0, 0.05) is 24.0 Å². The molecule has 2 aliphatic heterocycles. The fourth-order valence-electron chi connectivity index (χ4n) is 3.59. The monoisotopic (exact) mass is 319 g/mol. The number of ketones is 1. The predicted molar refractivity (Wildman–Crippen MR) is 95.4 cm³/mol. The molecule has 122 valence electrons. The summed E-state index contributed by atoms with van der Waals surface area (Å²) in [6.07, 6.45) is 4.23. The molecular formula is C21H21NO2. The Hall–Kier alpha value is -2.39. The number of para-hydroxylation sites is 1. The molecule has 0 saturated carbocycles. The van der Waals surface area contributed by atoms with Crippen LogP contribution < -0.4 is 10.1 Å². The Bertz CT molecular complexity index is 799. The van der Waals surface area contributed by atoms with Gasteiger partial charge in [0.2, 0.25) is 0 Å². The van der Waals surface area contributed by atoms with E-state index in [0.29, 0.717) is 0 Å². The van der Waals surface area contributed by atoms with Crippen molar-refractivity contribution in [3.8, 4) is 5.75 Å². The minimum atomic E-state index is -0.228.